The van der Waals surface area contributed by atoms with Crippen molar-refractivity contribution in [2.75, 3.05) is 13.1 Å². The van der Waals surface area contributed by atoms with E-state index < -0.39 is 80.0 Å². The van der Waals surface area contributed by atoms with Gasteiger partial charge in [0.2, 0.25) is 0 Å². The lowest BCUT2D eigenvalue weighted by Crippen LogP contribution is -2.56. The van der Waals surface area contributed by atoms with Crippen molar-refractivity contribution < 1.29 is 53.1 Å². The number of hydrogen-bond donors (Lipinski definition) is 1. The van der Waals surface area contributed by atoms with Crippen LogP contribution in [-0.4, -0.2) is 50.3 Å². The molecule has 3 aromatic carbocycles. The largest absolute Gasteiger partial charge is 0.430 e. The van der Waals surface area contributed by atoms with Crippen LogP contribution >= 0.6 is 0 Å². The molecule has 0 aromatic heterocycles. The second kappa shape index (κ2) is 12.1. The highest BCUT2D eigenvalue weighted by molar-refractivity contribution is 7.92. The Morgan fingerprint density at radius 2 is 1.39 bits per heavy atom. The zero-order valence-corrected chi connectivity index (χ0v) is 25.6. The fourth-order valence-corrected chi connectivity index (χ4v) is 7.48. The number of nitrogens with zero attached hydrogens (tertiary/aromatic N) is 1. The number of hydrogen-bond acceptors (Lipinski definition) is 4. The molecule has 4 rings (SSSR count). The Morgan fingerprint density at radius 3 is 1.89 bits per heavy atom. The van der Waals surface area contributed by atoms with Crippen LogP contribution in [0.2, 0.25) is 0 Å². The molecule has 1 atom stereocenters. The van der Waals surface area contributed by atoms with E-state index in [1.807, 2.05) is 0 Å². The van der Waals surface area contributed by atoms with Crippen molar-refractivity contribution in [3.63, 3.8) is 0 Å². The van der Waals surface area contributed by atoms with E-state index in [1.54, 1.807) is 26.8 Å². The van der Waals surface area contributed by atoms with Crippen LogP contribution in [0.1, 0.15) is 43.9 Å². The zero-order valence-electron chi connectivity index (χ0n) is 24.8. The van der Waals surface area contributed by atoms with Gasteiger partial charge in [0.1, 0.15) is 16.4 Å². The van der Waals surface area contributed by atoms with Crippen LogP contribution in [0.4, 0.5) is 39.9 Å². The second-order valence-corrected chi connectivity index (χ2v) is 14.2. The molecule has 1 fully saturated rings. The Bertz CT molecular complexity index is 1640. The predicted molar refractivity (Wildman–Crippen MR) is 151 cm³/mol. The van der Waals surface area contributed by atoms with Crippen molar-refractivity contribution in [1.29, 1.82) is 0 Å². The number of likely N-dealkylation sites (tertiary alicyclic amines) is 1. The van der Waals surface area contributed by atoms with Crippen molar-refractivity contribution in [3.05, 3.63) is 101 Å². The molecule has 1 heterocycles. The topological polar surface area (TPSA) is 75.7 Å². The Labute approximate surface area is 260 Å². The molecule has 46 heavy (non-hydrogen) atoms. The minimum atomic E-state index is -6.18. The molecule has 0 spiro atoms. The maximum absolute atomic E-state index is 14.4. The molecule has 1 aliphatic rings. The normalized spacial score (nSPS) is 18.1. The van der Waals surface area contributed by atoms with Gasteiger partial charge in [-0.2, -0.15) is 26.3 Å². The summed E-state index contributed by atoms with van der Waals surface area (Å²) in [4.78, 5) is 14.0. The first-order valence-corrected chi connectivity index (χ1v) is 15.3. The Balaban J connectivity index is 1.84. The SMILES string of the molecule is CC(C)(C)NC(=O)N1CCC(c2ccc(C(OCc3c(F)cccc3F)(C(F)(F)F)C(F)(F)F)cc2)(S(=O)(=O)c2ccccc2)C1. The van der Waals surface area contributed by atoms with Crippen LogP contribution < -0.4 is 5.32 Å². The van der Waals surface area contributed by atoms with E-state index in [-0.39, 0.29) is 23.4 Å². The predicted octanol–water partition coefficient (Wildman–Crippen LogP) is 7.38. The Kier molecular flexibility index (Phi) is 9.27. The number of ether oxygens (including phenoxy) is 1. The molecule has 2 amide bonds. The first-order valence-electron chi connectivity index (χ1n) is 13.8. The van der Waals surface area contributed by atoms with Crippen LogP contribution in [0, 0.1) is 11.6 Å². The molecule has 3 aromatic rings. The molecule has 1 N–H and O–H groups in total. The van der Waals surface area contributed by atoms with E-state index in [2.05, 4.69) is 10.1 Å². The van der Waals surface area contributed by atoms with Crippen LogP contribution in [0.25, 0.3) is 0 Å². The van der Waals surface area contributed by atoms with Gasteiger partial charge >= 0.3 is 18.4 Å². The number of urea groups is 1. The summed E-state index contributed by atoms with van der Waals surface area (Å²) in [5.41, 5.74) is -8.58. The lowest BCUT2D eigenvalue weighted by Gasteiger charge is -2.38. The van der Waals surface area contributed by atoms with E-state index in [0.29, 0.717) is 24.3 Å². The molecular formula is C31H30F8N2O4S. The molecule has 1 aliphatic heterocycles. The van der Waals surface area contributed by atoms with Gasteiger partial charge in [-0.3, -0.25) is 0 Å². The fraction of sp³-hybridized carbons (Fsp3) is 0.387. The van der Waals surface area contributed by atoms with E-state index >= 15 is 0 Å². The van der Waals surface area contributed by atoms with Gasteiger partial charge in [-0.25, -0.2) is 22.0 Å². The number of carbonyl (C=O) groups is 1. The first kappa shape index (κ1) is 35.1. The third kappa shape index (κ3) is 6.31. The first-order chi connectivity index (χ1) is 21.2. The fourth-order valence-electron chi connectivity index (χ4n) is 5.38. The maximum Gasteiger partial charge on any atom is 0.430 e. The number of benzene rings is 3. The average molecular weight is 679 g/mol. The van der Waals surface area contributed by atoms with Crippen molar-refractivity contribution >= 4 is 15.9 Å². The summed E-state index contributed by atoms with van der Waals surface area (Å²) in [7, 11) is -4.41. The van der Waals surface area contributed by atoms with E-state index in [9.17, 15) is 48.3 Å². The molecule has 6 nitrogen and oxygen atoms in total. The molecule has 0 aliphatic carbocycles. The van der Waals surface area contributed by atoms with Gasteiger partial charge in [0, 0.05) is 29.8 Å². The van der Waals surface area contributed by atoms with Gasteiger partial charge in [0.15, 0.2) is 9.84 Å². The Morgan fingerprint density at radius 1 is 0.848 bits per heavy atom. The van der Waals surface area contributed by atoms with Gasteiger partial charge < -0.3 is 15.0 Å². The Hall–Kier alpha value is -3.72. The third-order valence-electron chi connectivity index (χ3n) is 7.68. The smallest absolute Gasteiger partial charge is 0.349 e. The standard InChI is InChI=1S/C31H30F8N2O4S/c1-27(2,3)40-26(42)41-17-16-28(19-41,46(43,44)22-8-5-4-6-9-22)20-12-14-21(15-13-20)29(30(34,35)36,31(37,38)39)45-18-23-24(32)10-7-11-25(23)33/h4-15H,16-19H2,1-3H3,(H,40,42). The van der Waals surface area contributed by atoms with Gasteiger partial charge in [-0.1, -0.05) is 48.5 Å². The summed E-state index contributed by atoms with van der Waals surface area (Å²) < 4.78 is 146. The number of rotatable bonds is 7. The third-order valence-corrected chi connectivity index (χ3v) is 10.2. The lowest BCUT2D eigenvalue weighted by atomic mass is 9.88. The highest BCUT2D eigenvalue weighted by Gasteiger charge is 2.73. The number of nitrogens with one attached hydrogen (secondary N) is 1. The van der Waals surface area contributed by atoms with Gasteiger partial charge in [-0.05, 0) is 57.0 Å². The molecule has 1 unspecified atom stereocenters. The average Bonchev–Trinajstić information content (AvgIpc) is 3.41. The van der Waals surface area contributed by atoms with Crippen molar-refractivity contribution in [1.82, 2.24) is 10.2 Å². The number of carbonyl (C=O) groups excluding carboxylic acids is 1. The maximum atomic E-state index is 14.4. The van der Waals surface area contributed by atoms with E-state index in [4.69, 9.17) is 0 Å². The summed E-state index contributed by atoms with van der Waals surface area (Å²) in [6, 6.07) is 11.0. The van der Waals surface area contributed by atoms with Crippen LogP contribution in [0.15, 0.2) is 77.7 Å². The number of sulfone groups is 1. The lowest BCUT2D eigenvalue weighted by molar-refractivity contribution is -0.392. The molecule has 0 bridgehead atoms. The van der Waals surface area contributed by atoms with Crippen molar-refractivity contribution in [2.24, 2.45) is 0 Å². The molecule has 0 radical (unpaired) electrons. The highest BCUT2D eigenvalue weighted by atomic mass is 32.2. The van der Waals surface area contributed by atoms with Gasteiger partial charge in [0.05, 0.1) is 11.5 Å². The van der Waals surface area contributed by atoms with Crippen LogP contribution in [0.3, 0.4) is 0 Å². The monoisotopic (exact) mass is 678 g/mol. The number of halogens is 8. The zero-order chi connectivity index (χ0) is 34.3. The molecule has 15 heteroatoms. The van der Waals surface area contributed by atoms with Gasteiger partial charge in [-0.15, -0.1) is 0 Å². The van der Waals surface area contributed by atoms with Crippen LogP contribution in [0.5, 0.6) is 0 Å². The summed E-state index contributed by atoms with van der Waals surface area (Å²) in [5, 5.41) is 2.71. The summed E-state index contributed by atoms with van der Waals surface area (Å²) in [5.74, 6) is -2.83. The van der Waals surface area contributed by atoms with E-state index in [0.717, 1.165) is 18.2 Å². The number of alkyl halides is 6. The van der Waals surface area contributed by atoms with Crippen molar-refractivity contribution in [2.45, 2.75) is 66.9 Å². The summed E-state index contributed by atoms with van der Waals surface area (Å²) in [6.07, 6.45) is -12.6. The quantitative estimate of drug-likeness (QED) is 0.265. The second-order valence-electron chi connectivity index (χ2n) is 11.9. The van der Waals surface area contributed by atoms with Crippen LogP contribution in [-0.2, 0) is 31.5 Å². The van der Waals surface area contributed by atoms with Gasteiger partial charge in [0.25, 0.3) is 5.60 Å². The molecule has 250 valence electrons. The van der Waals surface area contributed by atoms with Crippen molar-refractivity contribution in [3.8, 4) is 0 Å². The number of amides is 2. The molecular weight excluding hydrogens is 648 g/mol. The van der Waals surface area contributed by atoms with E-state index in [1.165, 1.54) is 29.2 Å². The molecule has 1 saturated heterocycles. The minimum Gasteiger partial charge on any atom is -0.349 e. The highest BCUT2D eigenvalue weighted by Crippen LogP contribution is 2.54. The summed E-state index contributed by atoms with van der Waals surface area (Å²) >= 11 is 0. The summed E-state index contributed by atoms with van der Waals surface area (Å²) in [6.45, 7) is 2.81. The molecule has 0 saturated carbocycles. The minimum absolute atomic E-state index is 0.0952.